The molecule has 7 heteroatoms. The number of para-hydroxylation sites is 1. The molecule has 0 fully saturated rings. The Hall–Kier alpha value is -3.22. The predicted molar refractivity (Wildman–Crippen MR) is 90.2 cm³/mol. The molecule has 3 aromatic rings. The van der Waals surface area contributed by atoms with Gasteiger partial charge < -0.3 is 10.2 Å². The predicted octanol–water partition coefficient (Wildman–Crippen LogP) is 3.35. The first kappa shape index (κ1) is 14.7. The van der Waals surface area contributed by atoms with Crippen molar-refractivity contribution in [3.8, 4) is 0 Å². The van der Waals surface area contributed by atoms with Gasteiger partial charge in [0.1, 0.15) is 5.82 Å². The number of fused-ring (bicyclic) bond motifs is 1. The maximum absolute atomic E-state index is 10.9. The number of nitro benzene ring substituents is 1. The van der Waals surface area contributed by atoms with Crippen molar-refractivity contribution >= 4 is 34.0 Å². The minimum Gasteiger partial charge on any atom is -0.362 e. The van der Waals surface area contributed by atoms with Crippen LogP contribution in [-0.2, 0) is 0 Å². The van der Waals surface area contributed by atoms with Crippen LogP contribution in [0.25, 0.3) is 10.9 Å². The summed E-state index contributed by atoms with van der Waals surface area (Å²) in [4.78, 5) is 21.3. The highest BCUT2D eigenvalue weighted by Crippen LogP contribution is 2.26. The van der Waals surface area contributed by atoms with Crippen LogP contribution in [0.1, 0.15) is 0 Å². The smallest absolute Gasteiger partial charge is 0.271 e. The zero-order chi connectivity index (χ0) is 16.4. The molecule has 2 aromatic carbocycles. The third-order valence-electron chi connectivity index (χ3n) is 3.32. The van der Waals surface area contributed by atoms with Crippen molar-refractivity contribution in [3.63, 3.8) is 0 Å². The molecule has 0 atom stereocenters. The van der Waals surface area contributed by atoms with Gasteiger partial charge in [-0.2, -0.15) is 4.98 Å². The van der Waals surface area contributed by atoms with Crippen molar-refractivity contribution in [2.75, 3.05) is 24.3 Å². The maximum Gasteiger partial charge on any atom is 0.271 e. The number of aromatic nitrogens is 2. The van der Waals surface area contributed by atoms with Crippen molar-refractivity contribution in [3.05, 3.63) is 58.6 Å². The van der Waals surface area contributed by atoms with E-state index in [2.05, 4.69) is 15.3 Å². The quantitative estimate of drug-likeness (QED) is 0.587. The van der Waals surface area contributed by atoms with Crippen molar-refractivity contribution in [1.29, 1.82) is 0 Å². The van der Waals surface area contributed by atoms with Crippen molar-refractivity contribution in [2.45, 2.75) is 0 Å². The molecule has 0 amide bonds. The molecule has 0 saturated heterocycles. The molecule has 0 unspecified atom stereocenters. The van der Waals surface area contributed by atoms with Gasteiger partial charge in [0.2, 0.25) is 5.95 Å². The van der Waals surface area contributed by atoms with Crippen LogP contribution in [0.4, 0.5) is 23.1 Å². The van der Waals surface area contributed by atoms with Gasteiger partial charge in [0.05, 0.1) is 10.4 Å². The Balaban J connectivity index is 2.03. The summed E-state index contributed by atoms with van der Waals surface area (Å²) in [5, 5.41) is 14.8. The van der Waals surface area contributed by atoms with Gasteiger partial charge >= 0.3 is 0 Å². The van der Waals surface area contributed by atoms with Crippen LogP contribution in [0.2, 0.25) is 0 Å². The molecule has 1 heterocycles. The van der Waals surface area contributed by atoms with E-state index in [0.717, 1.165) is 16.7 Å². The first-order valence-electron chi connectivity index (χ1n) is 7.00. The molecule has 23 heavy (non-hydrogen) atoms. The van der Waals surface area contributed by atoms with Crippen molar-refractivity contribution in [2.24, 2.45) is 0 Å². The van der Waals surface area contributed by atoms with E-state index in [1.165, 1.54) is 12.1 Å². The molecule has 0 spiro atoms. The molecular weight excluding hydrogens is 294 g/mol. The number of nitro groups is 1. The number of anilines is 3. The standard InChI is InChI=1S/C16H15N5O2/c1-20(2)15-13-8-3-4-9-14(13)18-16(19-15)17-11-6-5-7-12(10-11)21(22)23/h3-10H,1-2H3,(H,17,18,19). The summed E-state index contributed by atoms with van der Waals surface area (Å²) >= 11 is 0. The average Bonchev–Trinajstić information content (AvgIpc) is 2.54. The van der Waals surface area contributed by atoms with E-state index in [-0.39, 0.29) is 5.69 Å². The highest BCUT2D eigenvalue weighted by Gasteiger charge is 2.11. The fourth-order valence-corrected chi connectivity index (χ4v) is 2.28. The molecule has 116 valence electrons. The van der Waals surface area contributed by atoms with Crippen LogP contribution < -0.4 is 10.2 Å². The van der Waals surface area contributed by atoms with Crippen molar-refractivity contribution in [1.82, 2.24) is 9.97 Å². The number of hydrogen-bond donors (Lipinski definition) is 1. The SMILES string of the molecule is CN(C)c1nc(Nc2cccc([N+](=O)[O-])c2)nc2ccccc12. The van der Waals surface area contributed by atoms with E-state index < -0.39 is 4.92 Å². The van der Waals surface area contributed by atoms with Gasteiger partial charge in [-0.1, -0.05) is 18.2 Å². The average molecular weight is 309 g/mol. The first-order valence-corrected chi connectivity index (χ1v) is 7.00. The number of benzene rings is 2. The van der Waals surface area contributed by atoms with E-state index in [0.29, 0.717) is 11.6 Å². The Labute approximate surface area is 132 Å². The van der Waals surface area contributed by atoms with E-state index in [9.17, 15) is 10.1 Å². The van der Waals surface area contributed by atoms with E-state index in [4.69, 9.17) is 0 Å². The summed E-state index contributed by atoms with van der Waals surface area (Å²) in [6, 6.07) is 14.0. The topological polar surface area (TPSA) is 84.2 Å². The Morgan fingerprint density at radius 1 is 1.09 bits per heavy atom. The largest absolute Gasteiger partial charge is 0.362 e. The summed E-state index contributed by atoms with van der Waals surface area (Å²) in [6.45, 7) is 0. The maximum atomic E-state index is 10.9. The van der Waals surface area contributed by atoms with Crippen LogP contribution in [0.3, 0.4) is 0 Å². The second-order valence-electron chi connectivity index (χ2n) is 5.21. The lowest BCUT2D eigenvalue weighted by Crippen LogP contribution is -2.13. The fourth-order valence-electron chi connectivity index (χ4n) is 2.28. The van der Waals surface area contributed by atoms with Crippen LogP contribution >= 0.6 is 0 Å². The molecule has 1 aromatic heterocycles. The molecule has 0 radical (unpaired) electrons. The molecule has 0 bridgehead atoms. The zero-order valence-electron chi connectivity index (χ0n) is 12.7. The van der Waals surface area contributed by atoms with Gasteiger partial charge in [-0.3, -0.25) is 10.1 Å². The summed E-state index contributed by atoms with van der Waals surface area (Å²) in [7, 11) is 3.82. The van der Waals surface area contributed by atoms with E-state index in [1.54, 1.807) is 12.1 Å². The van der Waals surface area contributed by atoms with Crippen LogP contribution in [0.5, 0.6) is 0 Å². The second kappa shape index (κ2) is 5.88. The third kappa shape index (κ3) is 3.03. The van der Waals surface area contributed by atoms with Gasteiger partial charge in [-0.25, -0.2) is 4.98 Å². The molecule has 0 aliphatic heterocycles. The van der Waals surface area contributed by atoms with Crippen molar-refractivity contribution < 1.29 is 4.92 Å². The third-order valence-corrected chi connectivity index (χ3v) is 3.32. The molecular formula is C16H15N5O2. The second-order valence-corrected chi connectivity index (χ2v) is 5.21. The van der Waals surface area contributed by atoms with E-state index in [1.807, 2.05) is 43.3 Å². The molecule has 1 N–H and O–H groups in total. The Morgan fingerprint density at radius 2 is 1.87 bits per heavy atom. The van der Waals surface area contributed by atoms with Crippen LogP contribution in [-0.4, -0.2) is 29.0 Å². The molecule has 0 saturated carbocycles. The van der Waals surface area contributed by atoms with Gasteiger partial charge in [0, 0.05) is 37.3 Å². The molecule has 0 aliphatic rings. The zero-order valence-corrected chi connectivity index (χ0v) is 12.7. The molecule has 0 aliphatic carbocycles. The summed E-state index contributed by atoms with van der Waals surface area (Å²) in [5.74, 6) is 1.18. The minimum absolute atomic E-state index is 0.0172. The molecule has 7 nitrogen and oxygen atoms in total. The number of rotatable bonds is 4. The number of nitrogens with zero attached hydrogens (tertiary/aromatic N) is 4. The van der Waals surface area contributed by atoms with Gasteiger partial charge in [-0.15, -0.1) is 0 Å². The summed E-state index contributed by atoms with van der Waals surface area (Å²) in [5.41, 5.74) is 1.39. The van der Waals surface area contributed by atoms with Crippen LogP contribution in [0.15, 0.2) is 48.5 Å². The van der Waals surface area contributed by atoms with E-state index >= 15 is 0 Å². The Kier molecular flexibility index (Phi) is 3.76. The Morgan fingerprint density at radius 3 is 2.61 bits per heavy atom. The normalized spacial score (nSPS) is 10.5. The number of hydrogen-bond acceptors (Lipinski definition) is 6. The van der Waals surface area contributed by atoms with Gasteiger partial charge in [0.25, 0.3) is 5.69 Å². The lowest BCUT2D eigenvalue weighted by Gasteiger charge is -2.15. The minimum atomic E-state index is -0.433. The number of nitrogens with one attached hydrogen (secondary N) is 1. The highest BCUT2D eigenvalue weighted by molar-refractivity contribution is 5.90. The lowest BCUT2D eigenvalue weighted by atomic mass is 10.2. The highest BCUT2D eigenvalue weighted by atomic mass is 16.6. The lowest BCUT2D eigenvalue weighted by molar-refractivity contribution is -0.384. The first-order chi connectivity index (χ1) is 11.0. The summed E-state index contributed by atoms with van der Waals surface area (Å²) in [6.07, 6.45) is 0. The Bertz CT molecular complexity index is 879. The monoisotopic (exact) mass is 309 g/mol. The fraction of sp³-hybridized carbons (Fsp3) is 0.125. The van der Waals surface area contributed by atoms with Gasteiger partial charge in [0.15, 0.2) is 0 Å². The van der Waals surface area contributed by atoms with Gasteiger partial charge in [-0.05, 0) is 18.2 Å². The number of non-ortho nitro benzene ring substituents is 1. The molecule has 3 rings (SSSR count). The van der Waals surface area contributed by atoms with Crippen LogP contribution in [0, 0.1) is 10.1 Å². The summed E-state index contributed by atoms with van der Waals surface area (Å²) < 4.78 is 0.